The second-order valence-electron chi connectivity index (χ2n) is 5.80. The molecule has 0 saturated heterocycles. The summed E-state index contributed by atoms with van der Waals surface area (Å²) in [4.78, 5) is 14.5. The van der Waals surface area contributed by atoms with Gasteiger partial charge in [-0.2, -0.15) is 0 Å². The van der Waals surface area contributed by atoms with E-state index in [0.717, 1.165) is 32.4 Å². The molecule has 1 aliphatic carbocycles. The van der Waals surface area contributed by atoms with E-state index in [1.807, 2.05) is 0 Å². The molecule has 2 heteroatoms. The molecule has 0 heterocycles. The zero-order chi connectivity index (χ0) is 13.2. The predicted octanol–water partition coefficient (Wildman–Crippen LogP) is 4.39. The van der Waals surface area contributed by atoms with Crippen molar-refractivity contribution in [2.24, 2.45) is 5.92 Å². The van der Waals surface area contributed by atoms with Crippen molar-refractivity contribution in [3.05, 3.63) is 0 Å². The van der Waals surface area contributed by atoms with Crippen LogP contribution in [0.15, 0.2) is 0 Å². The fourth-order valence-corrected chi connectivity index (χ4v) is 2.83. The summed E-state index contributed by atoms with van der Waals surface area (Å²) in [5.74, 6) is 1.10. The van der Waals surface area contributed by atoms with Crippen LogP contribution in [0.25, 0.3) is 0 Å². The molecule has 2 nitrogen and oxygen atoms in total. The summed E-state index contributed by atoms with van der Waals surface area (Å²) >= 11 is 0. The molecule has 0 aromatic heterocycles. The van der Waals surface area contributed by atoms with E-state index in [1.165, 1.54) is 44.9 Å². The summed E-state index contributed by atoms with van der Waals surface area (Å²) < 4.78 is 0. The van der Waals surface area contributed by atoms with Gasteiger partial charge in [0.15, 0.2) is 0 Å². The lowest BCUT2D eigenvalue weighted by Gasteiger charge is -2.27. The van der Waals surface area contributed by atoms with Crippen molar-refractivity contribution in [1.29, 1.82) is 0 Å². The lowest BCUT2D eigenvalue weighted by atomic mass is 9.86. The highest BCUT2D eigenvalue weighted by Gasteiger charge is 2.20. The molecular formula is C16H31NO. The third-order valence-electron chi connectivity index (χ3n) is 4.10. The molecule has 1 rings (SSSR count). The van der Waals surface area contributed by atoms with Gasteiger partial charge in [0.05, 0.1) is 0 Å². The van der Waals surface area contributed by atoms with Gasteiger partial charge in [0.1, 0.15) is 0 Å². The topological polar surface area (TPSA) is 20.3 Å². The van der Waals surface area contributed by atoms with Crippen molar-refractivity contribution in [3.8, 4) is 0 Å². The maximum atomic E-state index is 12.3. The van der Waals surface area contributed by atoms with Gasteiger partial charge in [-0.3, -0.25) is 4.79 Å². The van der Waals surface area contributed by atoms with Crippen LogP contribution in [0.5, 0.6) is 0 Å². The Bertz CT molecular complexity index is 213. The summed E-state index contributed by atoms with van der Waals surface area (Å²) in [7, 11) is 0. The molecule has 106 valence electrons. The van der Waals surface area contributed by atoms with E-state index in [4.69, 9.17) is 0 Å². The van der Waals surface area contributed by atoms with Crippen LogP contribution in [-0.4, -0.2) is 23.9 Å². The SMILES string of the molecule is CCCCN(CCCC)C(=O)CC1CCCCC1. The Kier molecular flexibility index (Phi) is 8.11. The second kappa shape index (κ2) is 9.41. The van der Waals surface area contributed by atoms with Crippen LogP contribution < -0.4 is 0 Å². The van der Waals surface area contributed by atoms with Crippen LogP contribution in [0.1, 0.15) is 78.1 Å². The van der Waals surface area contributed by atoms with E-state index < -0.39 is 0 Å². The van der Waals surface area contributed by atoms with Crippen molar-refractivity contribution < 1.29 is 4.79 Å². The number of hydrogen-bond donors (Lipinski definition) is 0. The summed E-state index contributed by atoms with van der Waals surface area (Å²) in [6.45, 7) is 6.34. The average Bonchev–Trinajstić information content (AvgIpc) is 2.40. The smallest absolute Gasteiger partial charge is 0.222 e. The van der Waals surface area contributed by atoms with Crippen LogP contribution in [0.2, 0.25) is 0 Å². The van der Waals surface area contributed by atoms with Crippen LogP contribution >= 0.6 is 0 Å². The van der Waals surface area contributed by atoms with Crippen molar-refractivity contribution >= 4 is 5.91 Å². The first kappa shape index (κ1) is 15.5. The fraction of sp³-hybridized carbons (Fsp3) is 0.938. The van der Waals surface area contributed by atoms with Gasteiger partial charge in [-0.15, -0.1) is 0 Å². The van der Waals surface area contributed by atoms with Gasteiger partial charge in [-0.05, 0) is 31.6 Å². The van der Waals surface area contributed by atoms with Gasteiger partial charge >= 0.3 is 0 Å². The van der Waals surface area contributed by atoms with Crippen molar-refractivity contribution in [1.82, 2.24) is 4.90 Å². The second-order valence-corrected chi connectivity index (χ2v) is 5.80. The van der Waals surface area contributed by atoms with Crippen LogP contribution in [0.4, 0.5) is 0 Å². The molecule has 0 spiro atoms. The summed E-state index contributed by atoms with van der Waals surface area (Å²) in [5.41, 5.74) is 0. The molecular weight excluding hydrogens is 222 g/mol. The minimum Gasteiger partial charge on any atom is -0.343 e. The van der Waals surface area contributed by atoms with Gasteiger partial charge in [-0.1, -0.05) is 46.0 Å². The standard InChI is InChI=1S/C16H31NO/c1-3-5-12-17(13-6-4-2)16(18)14-15-10-8-7-9-11-15/h15H,3-14H2,1-2H3. The maximum Gasteiger partial charge on any atom is 0.222 e. The number of unbranched alkanes of at least 4 members (excludes halogenated alkanes) is 2. The monoisotopic (exact) mass is 253 g/mol. The Morgan fingerprint density at radius 1 is 1.00 bits per heavy atom. The first-order chi connectivity index (χ1) is 8.77. The summed E-state index contributed by atoms with van der Waals surface area (Å²) in [6, 6.07) is 0. The summed E-state index contributed by atoms with van der Waals surface area (Å²) in [5, 5.41) is 0. The first-order valence-corrected chi connectivity index (χ1v) is 8.05. The van der Waals surface area contributed by atoms with Crippen LogP contribution in [-0.2, 0) is 4.79 Å². The number of carbonyl (C=O) groups excluding carboxylic acids is 1. The molecule has 18 heavy (non-hydrogen) atoms. The Balaban J connectivity index is 2.35. The molecule has 0 N–H and O–H groups in total. The van der Waals surface area contributed by atoms with Gasteiger partial charge in [0.25, 0.3) is 0 Å². The normalized spacial score (nSPS) is 16.8. The quantitative estimate of drug-likeness (QED) is 0.628. The van der Waals surface area contributed by atoms with Gasteiger partial charge in [0.2, 0.25) is 5.91 Å². The highest BCUT2D eigenvalue weighted by Crippen LogP contribution is 2.26. The van der Waals surface area contributed by atoms with Crippen molar-refractivity contribution in [2.75, 3.05) is 13.1 Å². The predicted molar refractivity (Wildman–Crippen MR) is 77.6 cm³/mol. The third kappa shape index (κ3) is 5.88. The highest BCUT2D eigenvalue weighted by atomic mass is 16.2. The number of nitrogens with zero attached hydrogens (tertiary/aromatic N) is 1. The Morgan fingerprint density at radius 2 is 1.56 bits per heavy atom. The average molecular weight is 253 g/mol. The van der Waals surface area contributed by atoms with Crippen LogP contribution in [0, 0.1) is 5.92 Å². The molecule has 0 aliphatic heterocycles. The molecule has 0 unspecified atom stereocenters. The molecule has 0 bridgehead atoms. The third-order valence-corrected chi connectivity index (χ3v) is 4.10. The van der Waals surface area contributed by atoms with E-state index in [0.29, 0.717) is 11.8 Å². The number of amides is 1. The molecule has 1 amide bonds. The fourth-order valence-electron chi connectivity index (χ4n) is 2.83. The highest BCUT2D eigenvalue weighted by molar-refractivity contribution is 5.76. The van der Waals surface area contributed by atoms with Gasteiger partial charge < -0.3 is 4.90 Å². The largest absolute Gasteiger partial charge is 0.343 e. The van der Waals surface area contributed by atoms with E-state index in [-0.39, 0.29) is 0 Å². The zero-order valence-electron chi connectivity index (χ0n) is 12.4. The molecule has 0 aromatic rings. The Labute approximate surface area is 113 Å². The van der Waals surface area contributed by atoms with E-state index in [9.17, 15) is 4.79 Å². The molecule has 0 aromatic carbocycles. The minimum absolute atomic E-state index is 0.420. The maximum absolute atomic E-state index is 12.3. The molecule has 1 fully saturated rings. The molecule has 0 atom stereocenters. The molecule has 1 aliphatic rings. The molecule has 1 saturated carbocycles. The minimum atomic E-state index is 0.420. The van der Waals surface area contributed by atoms with E-state index >= 15 is 0 Å². The van der Waals surface area contributed by atoms with Crippen molar-refractivity contribution in [3.63, 3.8) is 0 Å². The summed E-state index contributed by atoms with van der Waals surface area (Å²) in [6.07, 6.45) is 12.1. The Hall–Kier alpha value is -0.530. The lowest BCUT2D eigenvalue weighted by Crippen LogP contribution is -2.34. The van der Waals surface area contributed by atoms with Gasteiger partial charge in [0, 0.05) is 19.5 Å². The van der Waals surface area contributed by atoms with Gasteiger partial charge in [-0.25, -0.2) is 0 Å². The Morgan fingerprint density at radius 3 is 2.06 bits per heavy atom. The number of rotatable bonds is 8. The van der Waals surface area contributed by atoms with Crippen LogP contribution in [0.3, 0.4) is 0 Å². The first-order valence-electron chi connectivity index (χ1n) is 8.05. The molecule has 0 radical (unpaired) electrons. The number of hydrogen-bond acceptors (Lipinski definition) is 1. The zero-order valence-corrected chi connectivity index (χ0v) is 12.4. The van der Waals surface area contributed by atoms with E-state index in [2.05, 4.69) is 18.7 Å². The lowest BCUT2D eigenvalue weighted by molar-refractivity contribution is -0.132. The number of carbonyl (C=O) groups is 1. The van der Waals surface area contributed by atoms with E-state index in [1.54, 1.807) is 0 Å². The van der Waals surface area contributed by atoms with Crippen molar-refractivity contribution in [2.45, 2.75) is 78.1 Å².